The fraction of sp³-hybridized carbons (Fsp3) is 0.364. The first-order valence-corrected chi connectivity index (χ1v) is 4.62. The molecule has 5 heteroatoms. The summed E-state index contributed by atoms with van der Waals surface area (Å²) in [4.78, 5) is 10.3. The van der Waals surface area contributed by atoms with Gasteiger partial charge < -0.3 is 9.53 Å². The molecule has 0 aliphatic rings. The standard InChI is InChI=1S/C11H11F3O2/c1-16-10-4-2-8(3-5-10)6-9(7-15)11(12,13)14/h2-5,7,9H,6H2,1H3/t9-/m0/s1. The van der Waals surface area contributed by atoms with Crippen molar-refractivity contribution in [3.05, 3.63) is 29.8 Å². The van der Waals surface area contributed by atoms with E-state index in [2.05, 4.69) is 0 Å². The molecule has 0 unspecified atom stereocenters. The van der Waals surface area contributed by atoms with Crippen molar-refractivity contribution in [3.8, 4) is 5.75 Å². The molecule has 1 atom stereocenters. The first kappa shape index (κ1) is 12.5. The van der Waals surface area contributed by atoms with Crippen LogP contribution in [0.5, 0.6) is 5.75 Å². The third-order valence-corrected chi connectivity index (χ3v) is 2.20. The van der Waals surface area contributed by atoms with Gasteiger partial charge in [-0.05, 0) is 24.1 Å². The van der Waals surface area contributed by atoms with Crippen molar-refractivity contribution in [2.24, 2.45) is 5.92 Å². The average Bonchev–Trinajstić information content (AvgIpc) is 2.25. The van der Waals surface area contributed by atoms with Crippen LogP contribution in [0.4, 0.5) is 13.2 Å². The van der Waals surface area contributed by atoms with Gasteiger partial charge in [0.15, 0.2) is 0 Å². The van der Waals surface area contributed by atoms with Gasteiger partial charge in [-0.1, -0.05) is 12.1 Å². The highest BCUT2D eigenvalue weighted by Gasteiger charge is 2.39. The molecule has 1 aromatic rings. The summed E-state index contributed by atoms with van der Waals surface area (Å²) in [5.41, 5.74) is 0.454. The highest BCUT2D eigenvalue weighted by molar-refractivity contribution is 5.55. The summed E-state index contributed by atoms with van der Waals surface area (Å²) in [5.74, 6) is -1.38. The van der Waals surface area contributed by atoms with Crippen LogP contribution in [0, 0.1) is 5.92 Å². The van der Waals surface area contributed by atoms with E-state index in [9.17, 15) is 18.0 Å². The Morgan fingerprint density at radius 3 is 2.25 bits per heavy atom. The molecule has 88 valence electrons. The van der Waals surface area contributed by atoms with E-state index < -0.39 is 12.1 Å². The van der Waals surface area contributed by atoms with Crippen LogP contribution in [0.1, 0.15) is 5.56 Å². The largest absolute Gasteiger partial charge is 0.497 e. The molecule has 0 fully saturated rings. The molecule has 0 heterocycles. The van der Waals surface area contributed by atoms with E-state index in [0.717, 1.165) is 0 Å². The second-order valence-electron chi connectivity index (χ2n) is 3.34. The van der Waals surface area contributed by atoms with Crippen LogP contribution in [0.2, 0.25) is 0 Å². The first-order valence-electron chi connectivity index (χ1n) is 4.62. The molecule has 0 saturated heterocycles. The molecule has 0 bridgehead atoms. The van der Waals surface area contributed by atoms with Crippen LogP contribution in [0.3, 0.4) is 0 Å². The number of carbonyl (C=O) groups excluding carboxylic acids is 1. The number of halogens is 3. The van der Waals surface area contributed by atoms with Crippen molar-refractivity contribution in [2.75, 3.05) is 7.11 Å². The Morgan fingerprint density at radius 1 is 1.31 bits per heavy atom. The van der Waals surface area contributed by atoms with Crippen LogP contribution >= 0.6 is 0 Å². The Morgan fingerprint density at radius 2 is 1.88 bits per heavy atom. The first-order chi connectivity index (χ1) is 7.47. The number of aldehydes is 1. The molecule has 0 saturated carbocycles. The minimum Gasteiger partial charge on any atom is -0.497 e. The normalized spacial score (nSPS) is 13.2. The molecule has 0 aliphatic heterocycles. The van der Waals surface area contributed by atoms with Gasteiger partial charge in [0.05, 0.1) is 7.11 Å². The monoisotopic (exact) mass is 232 g/mol. The Labute approximate surface area is 91.0 Å². The molecule has 1 rings (SSSR count). The number of rotatable bonds is 4. The molecule has 2 nitrogen and oxygen atoms in total. The molecule has 0 spiro atoms. The van der Waals surface area contributed by atoms with Gasteiger partial charge >= 0.3 is 6.18 Å². The zero-order valence-corrected chi connectivity index (χ0v) is 8.62. The number of ether oxygens (including phenoxy) is 1. The SMILES string of the molecule is COc1ccc(C[C@@H](C=O)C(F)(F)F)cc1. The van der Waals surface area contributed by atoms with Gasteiger partial charge in [-0.2, -0.15) is 13.2 Å². The lowest BCUT2D eigenvalue weighted by Gasteiger charge is -2.14. The zero-order chi connectivity index (χ0) is 12.2. The second kappa shape index (κ2) is 5.01. The van der Waals surface area contributed by atoms with Crippen LogP contribution in [-0.4, -0.2) is 19.6 Å². The fourth-order valence-corrected chi connectivity index (χ4v) is 1.26. The maximum absolute atomic E-state index is 12.3. The van der Waals surface area contributed by atoms with Gasteiger partial charge in [0.25, 0.3) is 0 Å². The summed E-state index contributed by atoms with van der Waals surface area (Å²) in [6, 6.07) is 6.16. The van der Waals surface area contributed by atoms with Gasteiger partial charge in [-0.15, -0.1) is 0 Å². The molecular weight excluding hydrogens is 221 g/mol. The summed E-state index contributed by atoms with van der Waals surface area (Å²) in [6.45, 7) is 0. The molecule has 0 aromatic heterocycles. The second-order valence-corrected chi connectivity index (χ2v) is 3.34. The smallest absolute Gasteiger partial charge is 0.398 e. The van der Waals surface area contributed by atoms with E-state index in [1.807, 2.05) is 0 Å². The molecule has 0 radical (unpaired) electrons. The number of benzene rings is 1. The van der Waals surface area contributed by atoms with Crippen molar-refractivity contribution < 1.29 is 22.7 Å². The third-order valence-electron chi connectivity index (χ3n) is 2.20. The number of hydrogen-bond donors (Lipinski definition) is 0. The van der Waals surface area contributed by atoms with Crippen molar-refractivity contribution in [3.63, 3.8) is 0 Å². The molecule has 0 aliphatic carbocycles. The summed E-state index contributed by atoms with van der Waals surface area (Å²) in [6.07, 6.45) is -4.89. The number of hydrogen-bond acceptors (Lipinski definition) is 2. The highest BCUT2D eigenvalue weighted by atomic mass is 19.4. The van der Waals surface area contributed by atoms with Crippen LogP contribution in [0.15, 0.2) is 24.3 Å². The Balaban J connectivity index is 2.75. The van der Waals surface area contributed by atoms with Crippen molar-refractivity contribution in [1.82, 2.24) is 0 Å². The predicted octanol–water partition coefficient (Wildman–Crippen LogP) is 2.62. The number of alkyl halides is 3. The quantitative estimate of drug-likeness (QED) is 0.746. The predicted molar refractivity (Wildman–Crippen MR) is 52.3 cm³/mol. The van der Waals surface area contributed by atoms with Crippen molar-refractivity contribution in [1.29, 1.82) is 0 Å². The Bertz CT molecular complexity index is 343. The van der Waals surface area contributed by atoms with Crippen LogP contribution in [0.25, 0.3) is 0 Å². The van der Waals surface area contributed by atoms with Gasteiger partial charge in [-0.3, -0.25) is 0 Å². The van der Waals surface area contributed by atoms with Crippen molar-refractivity contribution >= 4 is 6.29 Å². The summed E-state index contributed by atoms with van der Waals surface area (Å²) < 4.78 is 41.8. The molecule has 1 aromatic carbocycles. The lowest BCUT2D eigenvalue weighted by atomic mass is 10.0. The lowest BCUT2D eigenvalue weighted by Crippen LogP contribution is -2.26. The summed E-state index contributed by atoms with van der Waals surface area (Å²) >= 11 is 0. The van der Waals surface area contributed by atoms with Crippen LogP contribution in [-0.2, 0) is 11.2 Å². The number of methoxy groups -OCH3 is 1. The van der Waals surface area contributed by atoms with E-state index in [0.29, 0.717) is 11.3 Å². The van der Waals surface area contributed by atoms with Crippen molar-refractivity contribution in [2.45, 2.75) is 12.6 Å². The van der Waals surface area contributed by atoms with Crippen LogP contribution < -0.4 is 4.74 Å². The van der Waals surface area contributed by atoms with Gasteiger partial charge in [0.2, 0.25) is 0 Å². The summed E-state index contributed by atoms with van der Waals surface area (Å²) in [5, 5.41) is 0. The average molecular weight is 232 g/mol. The van der Waals surface area contributed by atoms with Gasteiger partial charge in [-0.25, -0.2) is 0 Å². The minimum absolute atomic E-state index is 0.0652. The van der Waals surface area contributed by atoms with E-state index >= 15 is 0 Å². The van der Waals surface area contributed by atoms with E-state index in [-0.39, 0.29) is 12.7 Å². The molecule has 16 heavy (non-hydrogen) atoms. The highest BCUT2D eigenvalue weighted by Crippen LogP contribution is 2.28. The maximum Gasteiger partial charge on any atom is 0.398 e. The molecule has 0 N–H and O–H groups in total. The maximum atomic E-state index is 12.3. The third kappa shape index (κ3) is 3.25. The Hall–Kier alpha value is -1.52. The van der Waals surface area contributed by atoms with E-state index in [4.69, 9.17) is 4.74 Å². The summed E-state index contributed by atoms with van der Waals surface area (Å²) in [7, 11) is 1.47. The van der Waals surface area contributed by atoms with Gasteiger partial charge in [0, 0.05) is 0 Å². The molecule has 0 amide bonds. The van der Waals surface area contributed by atoms with E-state index in [1.165, 1.54) is 19.2 Å². The minimum atomic E-state index is -4.48. The number of carbonyl (C=O) groups is 1. The fourth-order valence-electron chi connectivity index (χ4n) is 1.26. The van der Waals surface area contributed by atoms with Gasteiger partial charge in [0.1, 0.15) is 18.0 Å². The topological polar surface area (TPSA) is 26.3 Å². The Kier molecular flexibility index (Phi) is 3.93. The zero-order valence-electron chi connectivity index (χ0n) is 8.62. The molecular formula is C11H11F3O2. The lowest BCUT2D eigenvalue weighted by molar-refractivity contribution is -0.174. The van der Waals surface area contributed by atoms with E-state index in [1.54, 1.807) is 12.1 Å².